The summed E-state index contributed by atoms with van der Waals surface area (Å²) in [5.41, 5.74) is 3.37. The Kier molecular flexibility index (Phi) is 5.95. The van der Waals surface area contributed by atoms with Crippen molar-refractivity contribution >= 4 is 34.3 Å². The third-order valence-electron chi connectivity index (χ3n) is 5.01. The maximum absolute atomic E-state index is 13.2. The van der Waals surface area contributed by atoms with E-state index in [9.17, 15) is 9.59 Å². The second-order valence-electron chi connectivity index (χ2n) is 7.45. The number of para-hydroxylation sites is 1. The van der Waals surface area contributed by atoms with Crippen molar-refractivity contribution in [1.29, 1.82) is 0 Å². The number of hydrogen-bond donors (Lipinski definition) is 1. The number of rotatable bonds is 6. The summed E-state index contributed by atoms with van der Waals surface area (Å²) in [6.45, 7) is 6.03. The number of nitrogens with one attached hydrogen (secondary N) is 1. The maximum Gasteiger partial charge on any atom is 0.262 e. The van der Waals surface area contributed by atoms with E-state index in [-0.39, 0.29) is 18.0 Å². The van der Waals surface area contributed by atoms with Gasteiger partial charge in [0, 0.05) is 5.69 Å². The summed E-state index contributed by atoms with van der Waals surface area (Å²) in [6.07, 6.45) is 1.57. The molecular weight excluding hydrogens is 410 g/mol. The third kappa shape index (κ3) is 4.56. The molecule has 7 heteroatoms. The van der Waals surface area contributed by atoms with Crippen molar-refractivity contribution in [2.24, 2.45) is 0 Å². The Morgan fingerprint density at radius 3 is 2.71 bits per heavy atom. The minimum Gasteiger partial charge on any atom is -0.467 e. The van der Waals surface area contributed by atoms with Gasteiger partial charge in [-0.25, -0.2) is 4.98 Å². The molecule has 2 aromatic heterocycles. The lowest BCUT2D eigenvalue weighted by Crippen LogP contribution is -2.27. The Morgan fingerprint density at radius 1 is 1.16 bits per heavy atom. The zero-order valence-corrected chi connectivity index (χ0v) is 18.4. The zero-order chi connectivity index (χ0) is 22.0. The summed E-state index contributed by atoms with van der Waals surface area (Å²) in [5, 5.41) is 3.53. The van der Waals surface area contributed by atoms with E-state index in [1.807, 2.05) is 57.2 Å². The molecule has 2 aromatic carbocycles. The summed E-state index contributed by atoms with van der Waals surface area (Å²) in [5.74, 6) is 0.498. The van der Waals surface area contributed by atoms with Crippen molar-refractivity contribution in [3.05, 3.63) is 88.1 Å². The molecule has 0 radical (unpaired) electrons. The van der Waals surface area contributed by atoms with Crippen molar-refractivity contribution in [2.75, 3.05) is 5.32 Å². The van der Waals surface area contributed by atoms with Gasteiger partial charge < -0.3 is 9.73 Å². The number of furan rings is 1. The molecule has 4 aromatic rings. The monoisotopic (exact) mass is 433 g/mol. The molecule has 31 heavy (non-hydrogen) atoms. The number of aryl methyl sites for hydroxylation is 2. The molecule has 1 unspecified atom stereocenters. The van der Waals surface area contributed by atoms with Crippen LogP contribution in [0.1, 0.15) is 23.8 Å². The number of nitrogens with zero attached hydrogens (tertiary/aromatic N) is 2. The second kappa shape index (κ2) is 8.81. The molecule has 6 nitrogen and oxygen atoms in total. The minimum atomic E-state index is -0.461. The van der Waals surface area contributed by atoms with Crippen LogP contribution in [-0.2, 0) is 11.3 Å². The fraction of sp³-hybridized carbons (Fsp3) is 0.208. The number of thioether (sulfide) groups is 1. The summed E-state index contributed by atoms with van der Waals surface area (Å²) < 4.78 is 7.00. The minimum absolute atomic E-state index is 0.149. The fourth-order valence-electron chi connectivity index (χ4n) is 3.34. The summed E-state index contributed by atoms with van der Waals surface area (Å²) in [4.78, 5) is 30.7. The molecule has 0 aliphatic rings. The highest BCUT2D eigenvalue weighted by atomic mass is 32.2. The summed E-state index contributed by atoms with van der Waals surface area (Å²) >= 11 is 1.26. The zero-order valence-electron chi connectivity index (χ0n) is 17.6. The number of carbonyl (C=O) groups excluding carboxylic acids is 1. The highest BCUT2D eigenvalue weighted by Gasteiger charge is 2.20. The van der Waals surface area contributed by atoms with Crippen LogP contribution in [0, 0.1) is 13.8 Å². The van der Waals surface area contributed by atoms with Crippen LogP contribution in [0.3, 0.4) is 0 Å². The lowest BCUT2D eigenvalue weighted by Gasteiger charge is -2.16. The molecule has 1 N–H and O–H groups in total. The largest absolute Gasteiger partial charge is 0.467 e. The van der Waals surface area contributed by atoms with Crippen LogP contribution in [-0.4, -0.2) is 20.7 Å². The second-order valence-corrected chi connectivity index (χ2v) is 8.76. The van der Waals surface area contributed by atoms with Gasteiger partial charge in [0.25, 0.3) is 5.56 Å². The smallest absolute Gasteiger partial charge is 0.262 e. The molecule has 0 bridgehead atoms. The van der Waals surface area contributed by atoms with E-state index < -0.39 is 5.25 Å². The molecule has 0 spiro atoms. The van der Waals surface area contributed by atoms with Crippen LogP contribution in [0.2, 0.25) is 0 Å². The van der Waals surface area contributed by atoms with Crippen molar-refractivity contribution in [3.63, 3.8) is 0 Å². The average Bonchev–Trinajstić information content (AvgIpc) is 3.26. The number of benzene rings is 2. The molecule has 2 heterocycles. The van der Waals surface area contributed by atoms with Crippen LogP contribution in [0.15, 0.2) is 75.2 Å². The molecule has 0 saturated heterocycles. The number of hydrogen-bond acceptors (Lipinski definition) is 5. The van der Waals surface area contributed by atoms with E-state index in [0.29, 0.717) is 21.8 Å². The van der Waals surface area contributed by atoms with Gasteiger partial charge in [-0.1, -0.05) is 41.6 Å². The number of fused-ring (bicyclic) bond motifs is 1. The quantitative estimate of drug-likeness (QED) is 0.350. The molecule has 158 valence electrons. The molecule has 0 aliphatic carbocycles. The predicted molar refractivity (Wildman–Crippen MR) is 124 cm³/mol. The first-order valence-electron chi connectivity index (χ1n) is 9.99. The lowest BCUT2D eigenvalue weighted by molar-refractivity contribution is -0.115. The van der Waals surface area contributed by atoms with Crippen LogP contribution >= 0.6 is 11.8 Å². The van der Waals surface area contributed by atoms with E-state index in [1.54, 1.807) is 29.0 Å². The Hall–Kier alpha value is -3.32. The lowest BCUT2D eigenvalue weighted by atomic mass is 10.1. The van der Waals surface area contributed by atoms with Crippen molar-refractivity contribution in [1.82, 2.24) is 9.55 Å². The molecular formula is C24H23N3O3S. The number of aromatic nitrogens is 2. The van der Waals surface area contributed by atoms with E-state index in [2.05, 4.69) is 10.3 Å². The average molecular weight is 434 g/mol. The van der Waals surface area contributed by atoms with Crippen molar-refractivity contribution in [2.45, 2.75) is 37.7 Å². The number of amides is 1. The van der Waals surface area contributed by atoms with Gasteiger partial charge in [0.05, 0.1) is 29.0 Å². The molecule has 0 fully saturated rings. The Morgan fingerprint density at radius 2 is 1.97 bits per heavy atom. The topological polar surface area (TPSA) is 77.1 Å². The maximum atomic E-state index is 13.2. The standard InChI is InChI=1S/C24H23N3O3S/c1-15-10-11-20(16(2)13-15)25-22(28)17(3)31-24-26-21-9-5-4-8-19(21)23(29)27(24)14-18-7-6-12-30-18/h4-13,17H,14H2,1-3H3,(H,25,28). The van der Waals surface area contributed by atoms with Crippen LogP contribution in [0.25, 0.3) is 10.9 Å². The van der Waals surface area contributed by atoms with Gasteiger partial charge in [-0.3, -0.25) is 14.2 Å². The van der Waals surface area contributed by atoms with Gasteiger partial charge in [-0.15, -0.1) is 0 Å². The SMILES string of the molecule is Cc1ccc(NC(=O)C(C)Sc2nc3ccccc3c(=O)n2Cc2ccco2)c(C)c1. The number of anilines is 1. The van der Waals surface area contributed by atoms with Crippen LogP contribution in [0.4, 0.5) is 5.69 Å². The molecule has 0 aliphatic heterocycles. The first kappa shape index (κ1) is 20.9. The highest BCUT2D eigenvalue weighted by molar-refractivity contribution is 8.00. The number of carbonyl (C=O) groups is 1. The summed E-state index contributed by atoms with van der Waals surface area (Å²) in [7, 11) is 0. The normalized spacial score (nSPS) is 12.1. The van der Waals surface area contributed by atoms with E-state index in [1.165, 1.54) is 11.8 Å². The molecule has 1 amide bonds. The fourth-order valence-corrected chi connectivity index (χ4v) is 4.24. The van der Waals surface area contributed by atoms with Gasteiger partial charge in [0.1, 0.15) is 5.76 Å². The Balaban J connectivity index is 1.64. The molecule has 1 atom stereocenters. The first-order chi connectivity index (χ1) is 14.9. The first-order valence-corrected chi connectivity index (χ1v) is 10.9. The Bertz CT molecular complexity index is 1300. The van der Waals surface area contributed by atoms with Gasteiger partial charge >= 0.3 is 0 Å². The van der Waals surface area contributed by atoms with Gasteiger partial charge in [-0.05, 0) is 56.7 Å². The van der Waals surface area contributed by atoms with E-state index in [4.69, 9.17) is 4.42 Å². The molecule has 0 saturated carbocycles. The highest BCUT2D eigenvalue weighted by Crippen LogP contribution is 2.25. The molecule has 4 rings (SSSR count). The van der Waals surface area contributed by atoms with Crippen molar-refractivity contribution in [3.8, 4) is 0 Å². The predicted octanol–water partition coefficient (Wildman–Crippen LogP) is 4.77. The van der Waals surface area contributed by atoms with Crippen molar-refractivity contribution < 1.29 is 9.21 Å². The third-order valence-corrected chi connectivity index (χ3v) is 6.10. The van der Waals surface area contributed by atoms with Gasteiger partial charge in [-0.2, -0.15) is 0 Å². The van der Waals surface area contributed by atoms with E-state index >= 15 is 0 Å². The van der Waals surface area contributed by atoms with Crippen LogP contribution in [0.5, 0.6) is 0 Å². The van der Waals surface area contributed by atoms with Gasteiger partial charge in [0.2, 0.25) is 5.91 Å². The Labute approximate surface area is 184 Å². The summed E-state index contributed by atoms with van der Waals surface area (Å²) in [6, 6.07) is 16.7. The van der Waals surface area contributed by atoms with Gasteiger partial charge in [0.15, 0.2) is 5.16 Å². The van der Waals surface area contributed by atoms with E-state index in [0.717, 1.165) is 16.8 Å². The van der Waals surface area contributed by atoms with Crippen LogP contribution < -0.4 is 10.9 Å².